The molecule has 53 heavy (non-hydrogen) atoms. The third-order valence-electron chi connectivity index (χ3n) is 10.7. The first-order valence-electron chi connectivity index (χ1n) is 17.8. The average Bonchev–Trinajstić information content (AvgIpc) is 3.76. The van der Waals surface area contributed by atoms with Gasteiger partial charge in [-0.1, -0.05) is 127 Å². The molecule has 1 aliphatic rings. The minimum atomic E-state index is -3.50. The highest BCUT2D eigenvalue weighted by molar-refractivity contribution is 7.85. The molecule has 0 aliphatic carbocycles. The minimum absolute atomic E-state index is 0.705. The van der Waals surface area contributed by atoms with Crippen LogP contribution in [0.3, 0.4) is 0 Å². The minimum Gasteiger partial charge on any atom is -0.456 e. The smallest absolute Gasteiger partial charge is 0.172 e. The monoisotopic (exact) mass is 715 g/mol. The van der Waals surface area contributed by atoms with E-state index in [4.69, 9.17) is 4.74 Å². The van der Waals surface area contributed by atoms with E-state index in [9.17, 15) is 0 Å². The lowest BCUT2D eigenvalue weighted by atomic mass is 10.0. The van der Waals surface area contributed by atoms with E-state index in [1.165, 1.54) is 20.9 Å². The number of rotatable bonds is 2. The summed E-state index contributed by atoms with van der Waals surface area (Å²) in [6.45, 7) is 0. The Morgan fingerprint density at radius 3 is 1.85 bits per heavy atom. The maximum atomic E-state index is 16.7. The topological polar surface area (TPSA) is 31.2 Å². The standard InChI is InChI=1S/C48H30NO2PS/c50-52(32-14-2-1-3-15-32)45-24-12-7-19-37(45)35-18-6-11-23-43(35)51-44-28-31(49-41-21-9-4-16-33(41)34-17-5-10-22-42(34)49)26-27-36(44)39-29-40-38-20-8-13-25-47(38)53-48(40)30-46(39)52/h1-30H. The van der Waals surface area contributed by atoms with Crippen molar-refractivity contribution in [2.45, 2.75) is 0 Å². The summed E-state index contributed by atoms with van der Waals surface area (Å²) < 4.78 is 28.5. The zero-order valence-electron chi connectivity index (χ0n) is 28.4. The molecular weight excluding hydrogens is 686 g/mol. The first kappa shape index (κ1) is 30.4. The second-order valence-electron chi connectivity index (χ2n) is 13.6. The van der Waals surface area contributed by atoms with E-state index in [0.29, 0.717) is 11.5 Å². The first-order chi connectivity index (χ1) is 26.2. The predicted molar refractivity (Wildman–Crippen MR) is 224 cm³/mol. The fourth-order valence-corrected chi connectivity index (χ4v) is 12.6. The maximum Gasteiger partial charge on any atom is 0.172 e. The van der Waals surface area contributed by atoms with Crippen LogP contribution in [0.5, 0.6) is 11.5 Å². The van der Waals surface area contributed by atoms with Gasteiger partial charge in [-0.3, -0.25) is 0 Å². The summed E-state index contributed by atoms with van der Waals surface area (Å²) in [6.07, 6.45) is 0. The Morgan fingerprint density at radius 2 is 1.06 bits per heavy atom. The zero-order chi connectivity index (χ0) is 35.1. The highest BCUT2D eigenvalue weighted by atomic mass is 32.1. The van der Waals surface area contributed by atoms with E-state index >= 15 is 4.57 Å². The molecule has 1 aliphatic heterocycles. The van der Waals surface area contributed by atoms with E-state index in [2.05, 4.69) is 120 Å². The summed E-state index contributed by atoms with van der Waals surface area (Å²) in [5, 5.41) is 7.15. The Hall–Kier alpha value is -6.19. The fourth-order valence-electron chi connectivity index (χ4n) is 8.31. The van der Waals surface area contributed by atoms with Crippen molar-refractivity contribution >= 4 is 76.4 Å². The van der Waals surface area contributed by atoms with Crippen LogP contribution < -0.4 is 20.7 Å². The summed E-state index contributed by atoms with van der Waals surface area (Å²) in [4.78, 5) is 0. The third kappa shape index (κ3) is 4.50. The van der Waals surface area contributed by atoms with Gasteiger partial charge in [0.15, 0.2) is 7.14 Å². The second-order valence-corrected chi connectivity index (χ2v) is 17.4. The summed E-state index contributed by atoms with van der Waals surface area (Å²) in [6, 6.07) is 63.0. The van der Waals surface area contributed by atoms with Crippen LogP contribution in [0.4, 0.5) is 0 Å². The van der Waals surface area contributed by atoms with Crippen LogP contribution in [0.1, 0.15) is 0 Å². The van der Waals surface area contributed by atoms with Gasteiger partial charge in [0, 0.05) is 69.7 Å². The van der Waals surface area contributed by atoms with E-state index in [0.717, 1.165) is 65.0 Å². The van der Waals surface area contributed by atoms with Gasteiger partial charge in [-0.2, -0.15) is 0 Å². The average molecular weight is 716 g/mol. The normalized spacial score (nSPS) is 15.1. The van der Waals surface area contributed by atoms with Gasteiger partial charge in [-0.15, -0.1) is 11.3 Å². The number of nitrogens with zero attached hydrogens (tertiary/aromatic N) is 1. The van der Waals surface area contributed by atoms with Crippen LogP contribution in [0.15, 0.2) is 182 Å². The number of hydrogen-bond donors (Lipinski definition) is 0. The molecule has 0 fully saturated rings. The van der Waals surface area contributed by atoms with Crippen molar-refractivity contribution in [1.82, 2.24) is 4.57 Å². The van der Waals surface area contributed by atoms with Gasteiger partial charge in [0.05, 0.1) is 11.0 Å². The first-order valence-corrected chi connectivity index (χ1v) is 20.3. The number of thiophene rings is 1. The molecule has 0 saturated carbocycles. The van der Waals surface area contributed by atoms with Crippen molar-refractivity contribution in [3.8, 4) is 39.4 Å². The van der Waals surface area contributed by atoms with Crippen molar-refractivity contribution in [2.75, 3.05) is 0 Å². The van der Waals surface area contributed by atoms with E-state index in [1.807, 2.05) is 66.7 Å². The number of benzene rings is 8. The Bertz CT molecular complexity index is 3090. The van der Waals surface area contributed by atoms with E-state index in [-0.39, 0.29) is 0 Å². The Morgan fingerprint density at radius 1 is 0.434 bits per heavy atom. The summed E-state index contributed by atoms with van der Waals surface area (Å²) in [7, 11) is -3.50. The lowest BCUT2D eigenvalue weighted by Gasteiger charge is -2.28. The number of aromatic nitrogens is 1. The van der Waals surface area contributed by atoms with Gasteiger partial charge < -0.3 is 13.9 Å². The molecule has 1 unspecified atom stereocenters. The molecule has 8 aromatic carbocycles. The number of hydrogen-bond acceptors (Lipinski definition) is 3. The van der Waals surface area contributed by atoms with Crippen molar-refractivity contribution < 1.29 is 9.30 Å². The van der Waals surface area contributed by atoms with Crippen molar-refractivity contribution in [3.63, 3.8) is 0 Å². The van der Waals surface area contributed by atoms with Crippen LogP contribution in [0.2, 0.25) is 0 Å². The molecule has 0 amide bonds. The molecule has 10 aromatic rings. The molecule has 5 heteroatoms. The lowest BCUT2D eigenvalue weighted by Crippen LogP contribution is -2.28. The van der Waals surface area contributed by atoms with Crippen LogP contribution >= 0.6 is 18.5 Å². The highest BCUT2D eigenvalue weighted by Gasteiger charge is 2.37. The lowest BCUT2D eigenvalue weighted by molar-refractivity contribution is 0.486. The molecule has 11 rings (SSSR count). The molecule has 0 N–H and O–H groups in total. The Labute approximate surface area is 310 Å². The molecule has 0 spiro atoms. The van der Waals surface area contributed by atoms with E-state index < -0.39 is 7.14 Å². The molecule has 250 valence electrons. The zero-order valence-corrected chi connectivity index (χ0v) is 30.2. The molecule has 3 nitrogen and oxygen atoms in total. The predicted octanol–water partition coefficient (Wildman–Crippen LogP) is 12.2. The molecule has 0 radical (unpaired) electrons. The SMILES string of the molecule is O=P1(c2ccccc2)c2ccccc2-c2ccccc2Oc2cc(-n3c4ccccc4c4ccccc43)ccc2-c2cc3c(cc21)sc1ccccc13. The Balaban J connectivity index is 1.30. The molecule has 3 heterocycles. The van der Waals surface area contributed by atoms with Gasteiger partial charge in [-0.05, 0) is 59.7 Å². The summed E-state index contributed by atoms with van der Waals surface area (Å²) in [5.74, 6) is 1.42. The molecule has 1 atom stereocenters. The molecule has 2 aromatic heterocycles. The Kier molecular flexibility index (Phi) is 6.70. The van der Waals surface area contributed by atoms with Crippen LogP contribution in [0, 0.1) is 0 Å². The van der Waals surface area contributed by atoms with E-state index in [1.54, 1.807) is 11.3 Å². The van der Waals surface area contributed by atoms with Gasteiger partial charge >= 0.3 is 0 Å². The highest BCUT2D eigenvalue weighted by Crippen LogP contribution is 2.53. The van der Waals surface area contributed by atoms with Gasteiger partial charge in [-0.25, -0.2) is 0 Å². The number of ether oxygens (including phenoxy) is 1. The fraction of sp³-hybridized carbons (Fsp3) is 0. The molecule has 0 saturated heterocycles. The molecule has 0 bridgehead atoms. The largest absolute Gasteiger partial charge is 0.456 e. The molecular formula is C48H30NO2PS. The van der Waals surface area contributed by atoms with Crippen LogP contribution in [0.25, 0.3) is 69.9 Å². The summed E-state index contributed by atoms with van der Waals surface area (Å²) >= 11 is 1.75. The van der Waals surface area contributed by atoms with Crippen LogP contribution in [-0.4, -0.2) is 4.57 Å². The van der Waals surface area contributed by atoms with Gasteiger partial charge in [0.25, 0.3) is 0 Å². The third-order valence-corrected chi connectivity index (χ3v) is 15.0. The van der Waals surface area contributed by atoms with Crippen molar-refractivity contribution in [3.05, 3.63) is 182 Å². The summed E-state index contributed by atoms with van der Waals surface area (Å²) in [5.41, 5.74) is 6.86. The number of para-hydroxylation sites is 3. The van der Waals surface area contributed by atoms with Gasteiger partial charge in [0.2, 0.25) is 0 Å². The van der Waals surface area contributed by atoms with Crippen LogP contribution in [-0.2, 0) is 4.57 Å². The van der Waals surface area contributed by atoms with Crippen molar-refractivity contribution in [1.29, 1.82) is 0 Å². The number of fused-ring (bicyclic) bond motifs is 12. The second kappa shape index (κ2) is 11.7. The maximum absolute atomic E-state index is 16.7. The quantitative estimate of drug-likeness (QED) is 0.167. The van der Waals surface area contributed by atoms with Crippen molar-refractivity contribution in [2.24, 2.45) is 0 Å². The van der Waals surface area contributed by atoms with Gasteiger partial charge in [0.1, 0.15) is 11.5 Å².